The predicted molar refractivity (Wildman–Crippen MR) is 105 cm³/mol. The molecule has 0 bridgehead atoms. The van der Waals surface area contributed by atoms with Crippen LogP contribution in [0.25, 0.3) is 5.57 Å². The lowest BCUT2D eigenvalue weighted by Crippen LogP contribution is -2.12. The Kier molecular flexibility index (Phi) is 6.16. The fraction of sp³-hybridized carbons (Fsp3) is 0.500. The average molecular weight is 312 g/mol. The van der Waals surface area contributed by atoms with Crippen molar-refractivity contribution in [1.82, 2.24) is 0 Å². The summed E-state index contributed by atoms with van der Waals surface area (Å²) in [6.45, 7) is 21.8. The number of benzene rings is 1. The number of allylic oxidation sites excluding steroid dienone is 3. The molecule has 0 atom stereocenters. The summed E-state index contributed by atoms with van der Waals surface area (Å²) in [7, 11) is 0. The van der Waals surface area contributed by atoms with E-state index in [1.54, 1.807) is 0 Å². The lowest BCUT2D eigenvalue weighted by atomic mass is 9.83. The standard InChI is InChI=1S/C22H33N/c1-10-17-12-13-18(21(4,5)6)15-19(17)16(3)14-20(23-11-2)22(7,8)9/h11-15H,3,10H2,1-2,4-9H3/b20-14-,23-11?. The molecular weight excluding hydrogens is 278 g/mol. The first kappa shape index (κ1) is 19.4. The summed E-state index contributed by atoms with van der Waals surface area (Å²) in [6, 6.07) is 6.79. The maximum Gasteiger partial charge on any atom is 0.0458 e. The normalized spacial score (nSPS) is 13.7. The minimum atomic E-state index is 0.00344. The fourth-order valence-corrected chi connectivity index (χ4v) is 2.48. The second kappa shape index (κ2) is 7.29. The molecule has 1 nitrogen and oxygen atoms in total. The zero-order chi connectivity index (χ0) is 17.8. The zero-order valence-corrected chi connectivity index (χ0v) is 16.2. The van der Waals surface area contributed by atoms with Gasteiger partial charge in [0.05, 0.1) is 0 Å². The van der Waals surface area contributed by atoms with Gasteiger partial charge in [0, 0.05) is 17.3 Å². The van der Waals surface area contributed by atoms with Gasteiger partial charge in [-0.25, -0.2) is 0 Å². The van der Waals surface area contributed by atoms with Gasteiger partial charge >= 0.3 is 0 Å². The third-order valence-electron chi connectivity index (χ3n) is 4.05. The van der Waals surface area contributed by atoms with Crippen molar-refractivity contribution in [3.8, 4) is 0 Å². The van der Waals surface area contributed by atoms with Crippen LogP contribution in [0.5, 0.6) is 0 Å². The van der Waals surface area contributed by atoms with Crippen LogP contribution in [0.3, 0.4) is 0 Å². The van der Waals surface area contributed by atoms with Gasteiger partial charge in [-0.3, -0.25) is 4.99 Å². The first-order chi connectivity index (χ1) is 10.5. The fourth-order valence-electron chi connectivity index (χ4n) is 2.48. The Morgan fingerprint density at radius 1 is 1.13 bits per heavy atom. The Balaban J connectivity index is 3.41. The first-order valence-electron chi connectivity index (χ1n) is 8.54. The maximum atomic E-state index is 4.56. The highest BCUT2D eigenvalue weighted by Gasteiger charge is 2.19. The molecule has 0 unspecified atom stereocenters. The van der Waals surface area contributed by atoms with Gasteiger partial charge in [0.25, 0.3) is 0 Å². The molecule has 0 aliphatic carbocycles. The molecule has 23 heavy (non-hydrogen) atoms. The largest absolute Gasteiger partial charge is 0.265 e. The lowest BCUT2D eigenvalue weighted by Gasteiger charge is -2.23. The first-order valence-corrected chi connectivity index (χ1v) is 8.54. The van der Waals surface area contributed by atoms with E-state index in [0.29, 0.717) is 0 Å². The number of hydrogen-bond donors (Lipinski definition) is 0. The lowest BCUT2D eigenvalue weighted by molar-refractivity contribution is 0.499. The third kappa shape index (κ3) is 5.20. The highest BCUT2D eigenvalue weighted by atomic mass is 14.7. The maximum absolute atomic E-state index is 4.56. The molecule has 0 spiro atoms. The molecule has 0 N–H and O–H groups in total. The van der Waals surface area contributed by atoms with Gasteiger partial charge in [0.2, 0.25) is 0 Å². The Bertz CT molecular complexity index is 616. The van der Waals surface area contributed by atoms with Crippen molar-refractivity contribution in [3.05, 3.63) is 53.2 Å². The minimum absolute atomic E-state index is 0.00344. The molecule has 0 aliphatic rings. The highest BCUT2D eigenvalue weighted by Crippen LogP contribution is 2.32. The van der Waals surface area contributed by atoms with Crippen molar-refractivity contribution >= 4 is 11.8 Å². The van der Waals surface area contributed by atoms with Gasteiger partial charge in [-0.2, -0.15) is 0 Å². The van der Waals surface area contributed by atoms with E-state index in [9.17, 15) is 0 Å². The minimum Gasteiger partial charge on any atom is -0.265 e. The second-order valence-corrected chi connectivity index (χ2v) is 8.17. The van der Waals surface area contributed by atoms with Crippen LogP contribution in [0.1, 0.15) is 72.1 Å². The highest BCUT2D eigenvalue weighted by molar-refractivity contribution is 5.76. The summed E-state index contributed by atoms with van der Waals surface area (Å²) in [5.41, 5.74) is 6.18. The van der Waals surface area contributed by atoms with Crippen molar-refractivity contribution in [2.45, 2.75) is 67.2 Å². The van der Waals surface area contributed by atoms with Crippen LogP contribution in [-0.4, -0.2) is 6.21 Å². The summed E-state index contributed by atoms with van der Waals surface area (Å²) in [5, 5.41) is 0. The summed E-state index contributed by atoms with van der Waals surface area (Å²) >= 11 is 0. The predicted octanol–water partition coefficient (Wildman–Crippen LogP) is 6.58. The van der Waals surface area contributed by atoms with Gasteiger partial charge in [0.1, 0.15) is 0 Å². The van der Waals surface area contributed by atoms with E-state index in [0.717, 1.165) is 17.7 Å². The molecule has 0 amide bonds. The molecule has 1 rings (SSSR count). The van der Waals surface area contributed by atoms with Crippen LogP contribution in [0.4, 0.5) is 0 Å². The van der Waals surface area contributed by atoms with E-state index in [4.69, 9.17) is 0 Å². The Morgan fingerprint density at radius 2 is 1.74 bits per heavy atom. The van der Waals surface area contributed by atoms with E-state index in [1.807, 2.05) is 13.1 Å². The SMILES string of the molecule is C=C(/C=C(\N=CC)C(C)(C)C)c1cc(C(C)(C)C)ccc1CC. The van der Waals surface area contributed by atoms with Crippen molar-refractivity contribution in [2.75, 3.05) is 0 Å². The van der Waals surface area contributed by atoms with Gasteiger partial charge in [-0.1, -0.05) is 73.2 Å². The van der Waals surface area contributed by atoms with Crippen molar-refractivity contribution in [1.29, 1.82) is 0 Å². The third-order valence-corrected chi connectivity index (χ3v) is 4.05. The Hall–Kier alpha value is -1.63. The van der Waals surface area contributed by atoms with E-state index < -0.39 is 0 Å². The van der Waals surface area contributed by atoms with Gasteiger partial charge < -0.3 is 0 Å². The summed E-state index contributed by atoms with van der Waals surface area (Å²) in [6.07, 6.45) is 5.01. The molecule has 0 saturated heterocycles. The molecule has 1 heteroatoms. The van der Waals surface area contributed by atoms with Gasteiger partial charge in [-0.15, -0.1) is 0 Å². The summed E-state index contributed by atoms with van der Waals surface area (Å²) in [5.74, 6) is 0. The molecule has 0 aliphatic heterocycles. The molecule has 126 valence electrons. The van der Waals surface area contributed by atoms with E-state index >= 15 is 0 Å². The molecular formula is C22H33N. The van der Waals surface area contributed by atoms with Crippen molar-refractivity contribution in [2.24, 2.45) is 10.4 Å². The number of aryl methyl sites for hydroxylation is 1. The van der Waals surface area contributed by atoms with E-state index in [2.05, 4.69) is 84.3 Å². The number of aliphatic imine (C=N–C) groups is 1. The van der Waals surface area contributed by atoms with Crippen LogP contribution in [-0.2, 0) is 11.8 Å². The molecule has 0 radical (unpaired) electrons. The van der Waals surface area contributed by atoms with Gasteiger partial charge in [0.15, 0.2) is 0 Å². The average Bonchev–Trinajstić information content (AvgIpc) is 2.44. The molecule has 0 heterocycles. The van der Waals surface area contributed by atoms with Crippen LogP contribution in [0.2, 0.25) is 0 Å². The van der Waals surface area contributed by atoms with E-state index in [1.165, 1.54) is 16.7 Å². The molecule has 1 aromatic rings. The topological polar surface area (TPSA) is 12.4 Å². The number of nitrogens with zero attached hydrogens (tertiary/aromatic N) is 1. The quantitative estimate of drug-likeness (QED) is 0.440. The Morgan fingerprint density at radius 3 is 2.17 bits per heavy atom. The molecule has 0 saturated carbocycles. The van der Waals surface area contributed by atoms with Crippen molar-refractivity contribution in [3.63, 3.8) is 0 Å². The monoisotopic (exact) mass is 311 g/mol. The number of hydrogen-bond acceptors (Lipinski definition) is 1. The van der Waals surface area contributed by atoms with Crippen LogP contribution >= 0.6 is 0 Å². The summed E-state index contributed by atoms with van der Waals surface area (Å²) < 4.78 is 0. The molecule has 0 aromatic heterocycles. The van der Waals surface area contributed by atoms with E-state index in [-0.39, 0.29) is 10.8 Å². The Labute approximate surface area is 143 Å². The van der Waals surface area contributed by atoms with Gasteiger partial charge in [-0.05, 0) is 47.1 Å². The second-order valence-electron chi connectivity index (χ2n) is 8.17. The number of rotatable bonds is 4. The van der Waals surface area contributed by atoms with Crippen molar-refractivity contribution < 1.29 is 0 Å². The smallest absolute Gasteiger partial charge is 0.0458 e. The van der Waals surface area contributed by atoms with Crippen LogP contribution < -0.4 is 0 Å². The van der Waals surface area contributed by atoms with Crippen LogP contribution in [0, 0.1) is 5.41 Å². The molecule has 0 fully saturated rings. The zero-order valence-electron chi connectivity index (χ0n) is 16.2. The summed E-state index contributed by atoms with van der Waals surface area (Å²) in [4.78, 5) is 4.56. The molecule has 1 aromatic carbocycles. The van der Waals surface area contributed by atoms with Crippen LogP contribution in [0.15, 0.2) is 41.5 Å².